The van der Waals surface area contributed by atoms with Crippen molar-refractivity contribution in [1.82, 2.24) is 4.98 Å². The van der Waals surface area contributed by atoms with Gasteiger partial charge in [-0.1, -0.05) is 23.2 Å². The zero-order chi connectivity index (χ0) is 8.43. The summed E-state index contributed by atoms with van der Waals surface area (Å²) in [5.74, 6) is 0. The summed E-state index contributed by atoms with van der Waals surface area (Å²) < 4.78 is 0. The van der Waals surface area contributed by atoms with Crippen LogP contribution in [0.25, 0.3) is 0 Å². The zero-order valence-electron chi connectivity index (χ0n) is 5.33. The number of aromatic nitrogens is 1. The fourth-order valence-electron chi connectivity index (χ4n) is 0.656. The van der Waals surface area contributed by atoms with Crippen molar-refractivity contribution in [2.75, 3.05) is 0 Å². The molecule has 1 rings (SSSR count). The lowest BCUT2D eigenvalue weighted by Crippen LogP contribution is -2.32. The first-order chi connectivity index (χ1) is 5.13. The first kappa shape index (κ1) is 8.81. The first-order valence-electron chi connectivity index (χ1n) is 2.79. The van der Waals surface area contributed by atoms with E-state index in [-0.39, 0.29) is 15.6 Å². The van der Waals surface area contributed by atoms with Crippen LogP contribution >= 0.6 is 23.2 Å². The Morgan fingerprint density at radius 2 is 2.00 bits per heavy atom. The van der Waals surface area contributed by atoms with E-state index in [9.17, 15) is 0 Å². The normalized spacial score (nSPS) is 9.82. The van der Waals surface area contributed by atoms with E-state index in [0.29, 0.717) is 0 Å². The minimum absolute atomic E-state index is 0.00694. The predicted octanol–water partition coefficient (Wildman–Crippen LogP) is 0.0682. The fourth-order valence-corrected chi connectivity index (χ4v) is 1.20. The van der Waals surface area contributed by atoms with Crippen molar-refractivity contribution in [3.05, 3.63) is 22.4 Å². The number of halogens is 2. The van der Waals surface area contributed by atoms with Crippen LogP contribution in [0.3, 0.4) is 0 Å². The standard InChI is InChI=1S/C5H4BCl2NO2/c7-3-1-2-9-5(8)4(3)6(10)11/h1-2,10-11H. The van der Waals surface area contributed by atoms with Gasteiger partial charge in [0.25, 0.3) is 0 Å². The van der Waals surface area contributed by atoms with E-state index in [1.54, 1.807) is 0 Å². The van der Waals surface area contributed by atoms with Gasteiger partial charge in [-0.25, -0.2) is 4.98 Å². The Labute approximate surface area is 73.7 Å². The van der Waals surface area contributed by atoms with Crippen molar-refractivity contribution in [2.24, 2.45) is 0 Å². The maximum atomic E-state index is 8.73. The molecule has 1 aromatic heterocycles. The van der Waals surface area contributed by atoms with Gasteiger partial charge in [-0.05, 0) is 6.07 Å². The quantitative estimate of drug-likeness (QED) is 0.488. The van der Waals surface area contributed by atoms with Crippen LogP contribution in [0.4, 0.5) is 0 Å². The van der Waals surface area contributed by atoms with Crippen LogP contribution in [0, 0.1) is 0 Å². The molecule has 0 aromatic carbocycles. The molecule has 0 unspecified atom stereocenters. The Kier molecular flexibility index (Phi) is 2.73. The molecule has 58 valence electrons. The summed E-state index contributed by atoms with van der Waals surface area (Å²) in [6.45, 7) is 0. The summed E-state index contributed by atoms with van der Waals surface area (Å²) in [7, 11) is -1.68. The third-order valence-corrected chi connectivity index (χ3v) is 1.78. The van der Waals surface area contributed by atoms with Crippen LogP contribution in [0.1, 0.15) is 0 Å². The Bertz CT molecular complexity index is 248. The molecule has 0 atom stereocenters. The van der Waals surface area contributed by atoms with Gasteiger partial charge in [-0.3, -0.25) is 0 Å². The van der Waals surface area contributed by atoms with E-state index in [1.807, 2.05) is 0 Å². The molecule has 0 spiro atoms. The van der Waals surface area contributed by atoms with Crippen LogP contribution < -0.4 is 5.46 Å². The molecule has 3 nitrogen and oxygen atoms in total. The molecule has 6 heteroatoms. The predicted molar refractivity (Wildman–Crippen MR) is 44.1 cm³/mol. The summed E-state index contributed by atoms with van der Waals surface area (Å²) in [5.41, 5.74) is 0.0378. The lowest BCUT2D eigenvalue weighted by molar-refractivity contribution is 0.425. The molecule has 0 saturated heterocycles. The van der Waals surface area contributed by atoms with E-state index in [1.165, 1.54) is 12.3 Å². The maximum absolute atomic E-state index is 8.73. The van der Waals surface area contributed by atoms with Gasteiger partial charge in [0, 0.05) is 16.7 Å². The van der Waals surface area contributed by atoms with Crippen molar-refractivity contribution in [1.29, 1.82) is 0 Å². The maximum Gasteiger partial charge on any atom is 0.493 e. The summed E-state index contributed by atoms with van der Waals surface area (Å²) in [5, 5.41) is 17.7. The van der Waals surface area contributed by atoms with Crippen molar-refractivity contribution >= 4 is 35.8 Å². The topological polar surface area (TPSA) is 53.4 Å². The Morgan fingerprint density at radius 3 is 2.36 bits per heavy atom. The highest BCUT2D eigenvalue weighted by Crippen LogP contribution is 2.09. The van der Waals surface area contributed by atoms with Crippen molar-refractivity contribution in [3.8, 4) is 0 Å². The highest BCUT2D eigenvalue weighted by atomic mass is 35.5. The van der Waals surface area contributed by atoms with Gasteiger partial charge in [0.2, 0.25) is 0 Å². The van der Waals surface area contributed by atoms with E-state index in [4.69, 9.17) is 33.2 Å². The Hall–Kier alpha value is -0.285. The number of pyridine rings is 1. The second-order valence-electron chi connectivity index (χ2n) is 1.87. The lowest BCUT2D eigenvalue weighted by Gasteiger charge is -2.02. The van der Waals surface area contributed by atoms with Gasteiger partial charge >= 0.3 is 7.12 Å². The van der Waals surface area contributed by atoms with Gasteiger partial charge in [0.15, 0.2) is 0 Å². The van der Waals surface area contributed by atoms with Crippen molar-refractivity contribution in [3.63, 3.8) is 0 Å². The van der Waals surface area contributed by atoms with E-state index in [0.717, 1.165) is 0 Å². The van der Waals surface area contributed by atoms with Crippen LogP contribution in [-0.4, -0.2) is 22.2 Å². The molecule has 0 aliphatic rings. The molecule has 2 N–H and O–H groups in total. The highest BCUT2D eigenvalue weighted by molar-refractivity contribution is 6.66. The number of hydrogen-bond acceptors (Lipinski definition) is 3. The van der Waals surface area contributed by atoms with Gasteiger partial charge < -0.3 is 10.0 Å². The molecule has 0 fully saturated rings. The van der Waals surface area contributed by atoms with Gasteiger partial charge in [-0.15, -0.1) is 0 Å². The first-order valence-corrected chi connectivity index (χ1v) is 3.54. The van der Waals surface area contributed by atoms with Crippen molar-refractivity contribution < 1.29 is 10.0 Å². The van der Waals surface area contributed by atoms with Crippen LogP contribution in [-0.2, 0) is 0 Å². The minimum Gasteiger partial charge on any atom is -0.423 e. The largest absolute Gasteiger partial charge is 0.493 e. The molecule has 0 aliphatic heterocycles. The van der Waals surface area contributed by atoms with Crippen LogP contribution in [0.15, 0.2) is 12.3 Å². The molecule has 0 aliphatic carbocycles. The molecule has 0 amide bonds. The summed E-state index contributed by atoms with van der Waals surface area (Å²) in [4.78, 5) is 3.62. The number of nitrogens with zero attached hydrogens (tertiary/aromatic N) is 1. The summed E-state index contributed by atoms with van der Waals surface area (Å²) in [6, 6.07) is 1.43. The van der Waals surface area contributed by atoms with Crippen LogP contribution in [0.5, 0.6) is 0 Å². The fraction of sp³-hybridized carbons (Fsp3) is 0. The second kappa shape index (κ2) is 3.41. The average molecular weight is 192 g/mol. The molecule has 0 radical (unpaired) electrons. The number of rotatable bonds is 1. The van der Waals surface area contributed by atoms with Crippen LogP contribution in [0.2, 0.25) is 10.2 Å². The summed E-state index contributed by atoms with van der Waals surface area (Å²) in [6.07, 6.45) is 1.39. The monoisotopic (exact) mass is 191 g/mol. The van der Waals surface area contributed by atoms with E-state index >= 15 is 0 Å². The van der Waals surface area contributed by atoms with Gasteiger partial charge in [0.05, 0.1) is 0 Å². The van der Waals surface area contributed by atoms with Gasteiger partial charge in [0.1, 0.15) is 5.15 Å². The summed E-state index contributed by atoms with van der Waals surface area (Å²) >= 11 is 11.1. The second-order valence-corrected chi connectivity index (χ2v) is 2.64. The average Bonchev–Trinajstić information content (AvgIpc) is 1.85. The van der Waals surface area contributed by atoms with E-state index < -0.39 is 7.12 Å². The molecule has 1 aromatic rings. The molecule has 0 bridgehead atoms. The highest BCUT2D eigenvalue weighted by Gasteiger charge is 2.19. The smallest absolute Gasteiger partial charge is 0.423 e. The minimum atomic E-state index is -1.68. The van der Waals surface area contributed by atoms with E-state index in [2.05, 4.69) is 4.98 Å². The SMILES string of the molecule is OB(O)c1c(Cl)ccnc1Cl. The lowest BCUT2D eigenvalue weighted by atomic mass is 9.81. The zero-order valence-corrected chi connectivity index (χ0v) is 6.84. The molecule has 11 heavy (non-hydrogen) atoms. The molecule has 0 saturated carbocycles. The third-order valence-electron chi connectivity index (χ3n) is 1.15. The van der Waals surface area contributed by atoms with Crippen molar-refractivity contribution in [2.45, 2.75) is 0 Å². The third kappa shape index (κ3) is 1.84. The molecular formula is C5H4BCl2NO2. The number of hydrogen-bond donors (Lipinski definition) is 2. The Balaban J connectivity index is 3.21. The Morgan fingerprint density at radius 1 is 1.36 bits per heavy atom. The molecule has 1 heterocycles. The molecular weight excluding hydrogens is 188 g/mol. The van der Waals surface area contributed by atoms with Gasteiger partial charge in [-0.2, -0.15) is 0 Å².